The highest BCUT2D eigenvalue weighted by molar-refractivity contribution is 6.34. The second kappa shape index (κ2) is 11.3. The van der Waals surface area contributed by atoms with E-state index in [4.69, 9.17) is 26.1 Å². The standard InChI is InChI=1S/C30H33ClN6O3/c1-18-13-22(40-17-26(38)32-2)4-5-23(18)29-35-28-27(24(31)15-33-30(28)36-29)34-21-7-10-37(11-8-21)16-19-3-6-25-20(14-19)9-12-39-25/h3-6,13-15,21H,7-12,16-17H2,1-2H3,(H,32,38)(H2,33,34,35,36). The van der Waals surface area contributed by atoms with Gasteiger partial charge in [0.25, 0.3) is 5.91 Å². The van der Waals surface area contributed by atoms with Gasteiger partial charge < -0.3 is 25.1 Å². The number of piperidine rings is 1. The molecule has 0 saturated carbocycles. The smallest absolute Gasteiger partial charge is 0.257 e. The molecule has 0 radical (unpaired) electrons. The van der Waals surface area contributed by atoms with E-state index < -0.39 is 0 Å². The molecule has 0 aliphatic carbocycles. The number of rotatable bonds is 8. The number of hydrogen-bond donors (Lipinski definition) is 3. The van der Waals surface area contributed by atoms with Crippen molar-refractivity contribution in [3.8, 4) is 22.9 Å². The van der Waals surface area contributed by atoms with E-state index in [-0.39, 0.29) is 12.5 Å². The fourth-order valence-corrected chi connectivity index (χ4v) is 5.64. The fourth-order valence-electron chi connectivity index (χ4n) is 5.44. The van der Waals surface area contributed by atoms with Crippen molar-refractivity contribution in [2.75, 3.05) is 38.7 Å². The predicted octanol–water partition coefficient (Wildman–Crippen LogP) is 4.72. The maximum Gasteiger partial charge on any atom is 0.257 e. The SMILES string of the molecule is CNC(=O)COc1ccc(-c2nc3c(NC4CCN(Cc5ccc6c(c5)CCO6)CC4)c(Cl)cnc3[nH]2)c(C)c1. The van der Waals surface area contributed by atoms with Gasteiger partial charge in [-0.3, -0.25) is 9.69 Å². The Kier molecular flexibility index (Phi) is 7.49. The van der Waals surface area contributed by atoms with E-state index in [1.54, 1.807) is 13.2 Å². The second-order valence-electron chi connectivity index (χ2n) is 10.4. The van der Waals surface area contributed by atoms with Gasteiger partial charge in [0.1, 0.15) is 22.8 Å². The molecule has 6 rings (SSSR count). The van der Waals surface area contributed by atoms with Gasteiger partial charge in [0.15, 0.2) is 12.3 Å². The summed E-state index contributed by atoms with van der Waals surface area (Å²) in [6.07, 6.45) is 4.71. The number of aromatic amines is 1. The lowest BCUT2D eigenvalue weighted by Gasteiger charge is -2.33. The van der Waals surface area contributed by atoms with Crippen LogP contribution in [0.25, 0.3) is 22.6 Å². The number of fused-ring (bicyclic) bond motifs is 2. The van der Waals surface area contributed by atoms with E-state index in [2.05, 4.69) is 43.7 Å². The van der Waals surface area contributed by atoms with Crippen molar-refractivity contribution in [2.24, 2.45) is 0 Å². The van der Waals surface area contributed by atoms with E-state index >= 15 is 0 Å². The van der Waals surface area contributed by atoms with Crippen molar-refractivity contribution in [3.05, 3.63) is 64.3 Å². The highest BCUT2D eigenvalue weighted by atomic mass is 35.5. The van der Waals surface area contributed by atoms with Crippen LogP contribution in [0.2, 0.25) is 5.02 Å². The Balaban J connectivity index is 1.13. The number of nitrogens with one attached hydrogen (secondary N) is 3. The normalized spacial score (nSPS) is 15.6. The molecule has 10 heteroatoms. The van der Waals surface area contributed by atoms with Crippen LogP contribution in [0.15, 0.2) is 42.6 Å². The molecule has 2 aromatic carbocycles. The lowest BCUT2D eigenvalue weighted by molar-refractivity contribution is -0.122. The van der Waals surface area contributed by atoms with E-state index in [0.717, 1.165) is 73.6 Å². The van der Waals surface area contributed by atoms with Gasteiger partial charge in [-0.25, -0.2) is 9.97 Å². The molecular formula is C30H33ClN6O3. The molecular weight excluding hydrogens is 528 g/mol. The summed E-state index contributed by atoms with van der Waals surface area (Å²) in [5.74, 6) is 2.19. The number of anilines is 1. The molecule has 1 saturated heterocycles. The third-order valence-corrected chi connectivity index (χ3v) is 7.95. The van der Waals surface area contributed by atoms with Crippen LogP contribution in [0, 0.1) is 6.92 Å². The summed E-state index contributed by atoms with van der Waals surface area (Å²) in [5, 5.41) is 6.79. The first-order chi connectivity index (χ1) is 19.5. The van der Waals surface area contributed by atoms with Crippen LogP contribution in [-0.2, 0) is 17.8 Å². The number of likely N-dealkylation sites (N-methyl/N-ethyl adjacent to an activating group) is 1. The summed E-state index contributed by atoms with van der Waals surface area (Å²) in [5.41, 5.74) is 6.79. The Hall–Kier alpha value is -3.82. The number of amides is 1. The maximum absolute atomic E-state index is 11.5. The molecule has 3 N–H and O–H groups in total. The van der Waals surface area contributed by atoms with Gasteiger partial charge in [0.2, 0.25) is 0 Å². The maximum atomic E-state index is 11.5. The molecule has 208 valence electrons. The number of halogens is 1. The number of nitrogens with zero attached hydrogens (tertiary/aromatic N) is 3. The van der Waals surface area contributed by atoms with E-state index in [1.807, 2.05) is 25.1 Å². The fraction of sp³-hybridized carbons (Fsp3) is 0.367. The molecule has 9 nitrogen and oxygen atoms in total. The highest BCUT2D eigenvalue weighted by Crippen LogP contribution is 2.34. The minimum absolute atomic E-state index is 0.0280. The first kappa shape index (κ1) is 26.4. The zero-order valence-corrected chi connectivity index (χ0v) is 23.5. The number of benzene rings is 2. The number of carbonyl (C=O) groups excluding carboxylic acids is 1. The first-order valence-electron chi connectivity index (χ1n) is 13.7. The molecule has 0 bridgehead atoms. The van der Waals surface area contributed by atoms with E-state index in [1.165, 1.54) is 11.1 Å². The zero-order chi connectivity index (χ0) is 27.6. The third kappa shape index (κ3) is 5.57. The van der Waals surface area contributed by atoms with Gasteiger partial charge in [-0.2, -0.15) is 0 Å². The van der Waals surface area contributed by atoms with Crippen molar-refractivity contribution in [1.82, 2.24) is 25.2 Å². The molecule has 0 spiro atoms. The number of carbonyl (C=O) groups is 1. The minimum Gasteiger partial charge on any atom is -0.493 e. The molecule has 40 heavy (non-hydrogen) atoms. The van der Waals surface area contributed by atoms with Crippen molar-refractivity contribution < 1.29 is 14.3 Å². The van der Waals surface area contributed by atoms with Crippen LogP contribution in [0.4, 0.5) is 5.69 Å². The number of pyridine rings is 1. The topological polar surface area (TPSA) is 104 Å². The summed E-state index contributed by atoms with van der Waals surface area (Å²) in [6.45, 7) is 5.73. The predicted molar refractivity (Wildman–Crippen MR) is 156 cm³/mol. The summed E-state index contributed by atoms with van der Waals surface area (Å²) in [6, 6.07) is 12.6. The van der Waals surface area contributed by atoms with Crippen LogP contribution < -0.4 is 20.1 Å². The quantitative estimate of drug-likeness (QED) is 0.286. The molecule has 1 amide bonds. The number of H-pyrrole nitrogens is 1. The average Bonchev–Trinajstić information content (AvgIpc) is 3.61. The van der Waals surface area contributed by atoms with Crippen molar-refractivity contribution in [1.29, 1.82) is 0 Å². The molecule has 0 atom stereocenters. The largest absolute Gasteiger partial charge is 0.493 e. The number of hydrogen-bond acceptors (Lipinski definition) is 7. The van der Waals surface area contributed by atoms with Gasteiger partial charge in [-0.1, -0.05) is 23.7 Å². The summed E-state index contributed by atoms with van der Waals surface area (Å²) in [7, 11) is 1.58. The average molecular weight is 561 g/mol. The zero-order valence-electron chi connectivity index (χ0n) is 22.7. The number of aryl methyl sites for hydroxylation is 1. The van der Waals surface area contributed by atoms with Gasteiger partial charge in [-0.15, -0.1) is 0 Å². The Bertz CT molecular complexity index is 1550. The number of imidazole rings is 1. The van der Waals surface area contributed by atoms with Gasteiger partial charge in [0.05, 0.1) is 23.5 Å². The lowest BCUT2D eigenvalue weighted by Crippen LogP contribution is -2.38. The molecule has 2 aliphatic rings. The van der Waals surface area contributed by atoms with Gasteiger partial charge in [-0.05, 0) is 60.7 Å². The monoisotopic (exact) mass is 560 g/mol. The lowest BCUT2D eigenvalue weighted by atomic mass is 10.0. The summed E-state index contributed by atoms with van der Waals surface area (Å²) in [4.78, 5) is 26.7. The van der Waals surface area contributed by atoms with E-state index in [9.17, 15) is 4.79 Å². The Morgan fingerprint density at radius 2 is 2.08 bits per heavy atom. The minimum atomic E-state index is -0.178. The van der Waals surface area contributed by atoms with Crippen LogP contribution in [0.1, 0.15) is 29.5 Å². The van der Waals surface area contributed by atoms with Crippen LogP contribution in [0.3, 0.4) is 0 Å². The van der Waals surface area contributed by atoms with Crippen LogP contribution >= 0.6 is 11.6 Å². The molecule has 0 unspecified atom stereocenters. The third-order valence-electron chi connectivity index (χ3n) is 7.67. The molecule has 1 fully saturated rings. The number of aromatic nitrogens is 3. The van der Waals surface area contributed by atoms with Crippen LogP contribution in [-0.4, -0.2) is 65.2 Å². The number of ether oxygens (including phenoxy) is 2. The molecule has 2 aromatic heterocycles. The van der Waals surface area contributed by atoms with Crippen molar-refractivity contribution in [2.45, 2.75) is 38.8 Å². The molecule has 4 aromatic rings. The second-order valence-corrected chi connectivity index (χ2v) is 10.8. The van der Waals surface area contributed by atoms with Crippen molar-refractivity contribution >= 4 is 34.4 Å². The van der Waals surface area contributed by atoms with Gasteiger partial charge >= 0.3 is 0 Å². The Labute approximate surface area is 238 Å². The first-order valence-corrected chi connectivity index (χ1v) is 14.1. The summed E-state index contributed by atoms with van der Waals surface area (Å²) >= 11 is 6.64. The Morgan fingerprint density at radius 3 is 2.88 bits per heavy atom. The van der Waals surface area contributed by atoms with Crippen LogP contribution in [0.5, 0.6) is 11.5 Å². The van der Waals surface area contributed by atoms with Crippen molar-refractivity contribution in [3.63, 3.8) is 0 Å². The molecule has 2 aliphatic heterocycles. The molecule has 4 heterocycles. The van der Waals surface area contributed by atoms with E-state index in [0.29, 0.717) is 28.3 Å². The number of likely N-dealkylation sites (tertiary alicyclic amines) is 1. The van der Waals surface area contributed by atoms with Gasteiger partial charge in [0, 0.05) is 44.7 Å². The summed E-state index contributed by atoms with van der Waals surface area (Å²) < 4.78 is 11.2. The highest BCUT2D eigenvalue weighted by Gasteiger charge is 2.23. The Morgan fingerprint density at radius 1 is 1.23 bits per heavy atom.